The normalized spacial score (nSPS) is 17.8. The third-order valence-electron chi connectivity index (χ3n) is 4.89. The molecule has 0 saturated heterocycles. The molecule has 0 aliphatic heterocycles. The number of carbonyl (C=O) groups is 2. The Kier molecular flexibility index (Phi) is 8.43. The van der Waals surface area contributed by atoms with Gasteiger partial charge in [-0.1, -0.05) is 63.9 Å². The van der Waals surface area contributed by atoms with E-state index in [1.54, 1.807) is 12.3 Å². The fraction of sp³-hybridized carbons (Fsp3) is 0.650. The second-order valence-corrected chi connectivity index (χ2v) is 7.05. The highest BCUT2D eigenvalue weighted by atomic mass is 16.2. The highest BCUT2D eigenvalue weighted by Crippen LogP contribution is 2.17. The van der Waals surface area contributed by atoms with Crippen LogP contribution in [0.15, 0.2) is 18.3 Å². The fourth-order valence-electron chi connectivity index (χ4n) is 3.34. The molecule has 0 bridgehead atoms. The molecule has 1 fully saturated rings. The third-order valence-corrected chi connectivity index (χ3v) is 4.89. The number of carbonyl (C=O) groups excluding carboxylic acids is 2. The lowest BCUT2D eigenvalue weighted by Gasteiger charge is -2.19. The molecule has 138 valence electrons. The number of nitrogens with one attached hydrogen (secondary N) is 2. The average Bonchev–Trinajstić information content (AvgIpc) is 2.59. The molecule has 1 heterocycles. The predicted molar refractivity (Wildman–Crippen MR) is 100 cm³/mol. The summed E-state index contributed by atoms with van der Waals surface area (Å²) in [7, 11) is 0. The van der Waals surface area contributed by atoms with E-state index in [0.717, 1.165) is 31.2 Å². The van der Waals surface area contributed by atoms with Crippen LogP contribution < -0.4 is 10.6 Å². The molecule has 2 amide bonds. The van der Waals surface area contributed by atoms with Crippen molar-refractivity contribution in [3.05, 3.63) is 23.9 Å². The highest BCUT2D eigenvalue weighted by molar-refractivity contribution is 6.39. The summed E-state index contributed by atoms with van der Waals surface area (Å²) < 4.78 is 0. The van der Waals surface area contributed by atoms with Crippen molar-refractivity contribution < 1.29 is 9.59 Å². The standard InChI is InChI=1S/C20H31N3O2/c1-16-12-11-15-21-18(16)23-20(25)19(24)22-17-13-9-7-5-3-2-4-6-8-10-14-17/h11-12,15,17H,2-10,13-14H2,1H3,(H,22,24)(H,21,23,25). The van der Waals surface area contributed by atoms with Crippen LogP contribution >= 0.6 is 0 Å². The average molecular weight is 345 g/mol. The van der Waals surface area contributed by atoms with Gasteiger partial charge >= 0.3 is 11.8 Å². The second-order valence-electron chi connectivity index (χ2n) is 7.05. The summed E-state index contributed by atoms with van der Waals surface area (Å²) >= 11 is 0. The van der Waals surface area contributed by atoms with E-state index in [0.29, 0.717) is 5.82 Å². The zero-order valence-electron chi connectivity index (χ0n) is 15.4. The summed E-state index contributed by atoms with van der Waals surface area (Å²) in [5, 5.41) is 5.54. The van der Waals surface area contributed by atoms with Gasteiger partial charge in [0.25, 0.3) is 0 Å². The molecule has 0 atom stereocenters. The summed E-state index contributed by atoms with van der Waals surface area (Å²) in [6.45, 7) is 1.85. The van der Waals surface area contributed by atoms with Crippen molar-refractivity contribution in [3.63, 3.8) is 0 Å². The number of aryl methyl sites for hydroxylation is 1. The molecule has 0 radical (unpaired) electrons. The first-order valence-corrected chi connectivity index (χ1v) is 9.70. The van der Waals surface area contributed by atoms with Crippen LogP contribution in [0.1, 0.15) is 76.2 Å². The molecule has 0 unspecified atom stereocenters. The van der Waals surface area contributed by atoms with Crippen LogP contribution in [0.3, 0.4) is 0 Å². The van der Waals surface area contributed by atoms with Crippen LogP contribution in [0.25, 0.3) is 0 Å². The highest BCUT2D eigenvalue weighted by Gasteiger charge is 2.19. The van der Waals surface area contributed by atoms with Gasteiger partial charge in [0.2, 0.25) is 0 Å². The summed E-state index contributed by atoms with van der Waals surface area (Å²) in [4.78, 5) is 28.5. The van der Waals surface area contributed by atoms with Crippen molar-refractivity contribution in [1.29, 1.82) is 0 Å². The molecule has 0 spiro atoms. The number of rotatable bonds is 2. The van der Waals surface area contributed by atoms with Crippen molar-refractivity contribution in [3.8, 4) is 0 Å². The Bertz CT molecular complexity index is 548. The van der Waals surface area contributed by atoms with Gasteiger partial charge in [-0.2, -0.15) is 0 Å². The molecule has 1 aliphatic rings. The molecule has 1 aromatic rings. The molecule has 1 saturated carbocycles. The Labute approximate surface area is 151 Å². The van der Waals surface area contributed by atoms with Crippen molar-refractivity contribution in [2.75, 3.05) is 5.32 Å². The predicted octanol–water partition coefficient (Wildman–Crippen LogP) is 4.12. The zero-order valence-corrected chi connectivity index (χ0v) is 15.4. The second kappa shape index (κ2) is 10.9. The fourth-order valence-corrected chi connectivity index (χ4v) is 3.34. The summed E-state index contributed by atoms with van der Waals surface area (Å²) in [6.07, 6.45) is 14.7. The van der Waals surface area contributed by atoms with Crippen molar-refractivity contribution in [2.45, 2.75) is 83.6 Å². The first-order valence-electron chi connectivity index (χ1n) is 9.70. The first kappa shape index (κ1) is 19.4. The zero-order chi connectivity index (χ0) is 17.9. The third kappa shape index (κ3) is 7.24. The van der Waals surface area contributed by atoms with E-state index in [4.69, 9.17) is 0 Å². The SMILES string of the molecule is Cc1cccnc1NC(=O)C(=O)NC1CCCCCCCCCCC1. The van der Waals surface area contributed by atoms with Gasteiger partial charge in [-0.25, -0.2) is 4.98 Å². The molecule has 1 aliphatic carbocycles. The Balaban J connectivity index is 1.84. The minimum absolute atomic E-state index is 0.0995. The van der Waals surface area contributed by atoms with Crippen LogP contribution in [-0.2, 0) is 9.59 Å². The van der Waals surface area contributed by atoms with Gasteiger partial charge in [-0.15, -0.1) is 0 Å². The first-order chi connectivity index (χ1) is 12.2. The maximum Gasteiger partial charge on any atom is 0.314 e. The van der Waals surface area contributed by atoms with E-state index in [1.165, 1.54) is 44.9 Å². The van der Waals surface area contributed by atoms with Crippen LogP contribution in [0, 0.1) is 6.92 Å². The number of hydrogen-bond acceptors (Lipinski definition) is 3. The van der Waals surface area contributed by atoms with Gasteiger partial charge in [-0.3, -0.25) is 9.59 Å². The van der Waals surface area contributed by atoms with E-state index < -0.39 is 11.8 Å². The lowest BCUT2D eigenvalue weighted by atomic mass is 9.98. The molecule has 5 nitrogen and oxygen atoms in total. The lowest BCUT2D eigenvalue weighted by Crippen LogP contribution is -2.42. The van der Waals surface area contributed by atoms with Gasteiger partial charge in [0.1, 0.15) is 5.82 Å². The van der Waals surface area contributed by atoms with Gasteiger partial charge in [0, 0.05) is 12.2 Å². The Morgan fingerprint density at radius 2 is 1.48 bits per heavy atom. The lowest BCUT2D eigenvalue weighted by molar-refractivity contribution is -0.136. The number of nitrogens with zero attached hydrogens (tertiary/aromatic N) is 1. The van der Waals surface area contributed by atoms with Crippen molar-refractivity contribution >= 4 is 17.6 Å². The van der Waals surface area contributed by atoms with Gasteiger partial charge in [0.15, 0.2) is 0 Å². The van der Waals surface area contributed by atoms with Gasteiger partial charge in [-0.05, 0) is 31.4 Å². The molecule has 2 rings (SSSR count). The Morgan fingerprint density at radius 1 is 0.920 bits per heavy atom. The number of pyridine rings is 1. The molecule has 0 aromatic carbocycles. The molecular weight excluding hydrogens is 314 g/mol. The smallest absolute Gasteiger partial charge is 0.314 e. The van der Waals surface area contributed by atoms with Gasteiger partial charge < -0.3 is 10.6 Å². The quantitative estimate of drug-likeness (QED) is 0.792. The van der Waals surface area contributed by atoms with Gasteiger partial charge in [0.05, 0.1) is 0 Å². The topological polar surface area (TPSA) is 71.1 Å². The number of aromatic nitrogens is 1. The van der Waals surface area contributed by atoms with Crippen molar-refractivity contribution in [2.24, 2.45) is 0 Å². The summed E-state index contributed by atoms with van der Waals surface area (Å²) in [5.74, 6) is -0.739. The Hall–Kier alpha value is -1.91. The van der Waals surface area contributed by atoms with Crippen LogP contribution in [0.2, 0.25) is 0 Å². The number of anilines is 1. The molecule has 1 aromatic heterocycles. The maximum absolute atomic E-state index is 12.3. The number of amides is 2. The summed E-state index contributed by atoms with van der Waals surface area (Å²) in [6, 6.07) is 3.76. The minimum atomic E-state index is -0.632. The van der Waals surface area contributed by atoms with Crippen LogP contribution in [0.5, 0.6) is 0 Å². The Morgan fingerprint density at radius 3 is 2.04 bits per heavy atom. The van der Waals surface area contributed by atoms with Crippen LogP contribution in [-0.4, -0.2) is 22.8 Å². The van der Waals surface area contributed by atoms with E-state index in [1.807, 2.05) is 13.0 Å². The maximum atomic E-state index is 12.3. The van der Waals surface area contributed by atoms with E-state index >= 15 is 0 Å². The molecular formula is C20H31N3O2. The van der Waals surface area contributed by atoms with Crippen LogP contribution in [0.4, 0.5) is 5.82 Å². The molecule has 25 heavy (non-hydrogen) atoms. The largest absolute Gasteiger partial charge is 0.345 e. The van der Waals surface area contributed by atoms with E-state index in [-0.39, 0.29) is 6.04 Å². The molecule has 2 N–H and O–H groups in total. The number of hydrogen-bond donors (Lipinski definition) is 2. The van der Waals surface area contributed by atoms with E-state index in [9.17, 15) is 9.59 Å². The summed E-state index contributed by atoms with van der Waals surface area (Å²) in [5.41, 5.74) is 0.842. The van der Waals surface area contributed by atoms with E-state index in [2.05, 4.69) is 15.6 Å². The monoisotopic (exact) mass is 345 g/mol. The minimum Gasteiger partial charge on any atom is -0.345 e. The van der Waals surface area contributed by atoms with Crippen molar-refractivity contribution in [1.82, 2.24) is 10.3 Å². The molecule has 5 heteroatoms.